The molecule has 0 spiro atoms. The van der Waals surface area contributed by atoms with Crippen LogP contribution in [0, 0.1) is 0 Å². The Balaban J connectivity index is -0.00000156. The first kappa shape index (κ1) is 31.5. The summed E-state index contributed by atoms with van der Waals surface area (Å²) in [5.41, 5.74) is 1.88. The smallest absolute Gasteiger partial charge is 1.00 e. The van der Waals surface area contributed by atoms with E-state index in [0.717, 1.165) is 12.1 Å². The normalized spacial score (nSPS) is 10.1. The van der Waals surface area contributed by atoms with Gasteiger partial charge in [0.05, 0.1) is 7.11 Å². The van der Waals surface area contributed by atoms with Crippen LogP contribution in [0.2, 0.25) is 0 Å². The van der Waals surface area contributed by atoms with E-state index in [-0.39, 0.29) is 70.5 Å². The van der Waals surface area contributed by atoms with Crippen LogP contribution in [-0.2, 0) is 34.1 Å². The molecule has 5 nitrogen and oxygen atoms in total. The monoisotopic (exact) mass is 512 g/mol. The molecule has 2 aromatic carbocycles. The summed E-state index contributed by atoms with van der Waals surface area (Å²) in [5, 5.41) is 23.6. The van der Waals surface area contributed by atoms with Gasteiger partial charge in [-0.25, -0.2) is 0 Å². The maximum atomic E-state index is 11.9. The Morgan fingerprint density at radius 3 is 2.36 bits per heavy atom. The third-order valence-corrected chi connectivity index (χ3v) is 3.53. The van der Waals surface area contributed by atoms with E-state index in [4.69, 9.17) is 4.74 Å². The first-order chi connectivity index (χ1) is 11.6. The zero-order chi connectivity index (χ0) is 17.4. The minimum atomic E-state index is -0.162. The molecule has 156 valence electrons. The molecule has 0 aromatic heterocycles. The van der Waals surface area contributed by atoms with Gasteiger partial charge in [-0.05, 0) is 30.5 Å². The largest absolute Gasteiger partial charge is 2.00 e. The Labute approximate surface area is 199 Å². The fourth-order valence-corrected chi connectivity index (χ4v) is 2.22. The van der Waals surface area contributed by atoms with Crippen LogP contribution in [0.1, 0.15) is 24.5 Å². The Kier molecular flexibility index (Phi) is 18.8. The molecule has 0 aliphatic heterocycles. The molecule has 2 aromatic rings. The van der Waals surface area contributed by atoms with E-state index in [0.29, 0.717) is 30.0 Å². The van der Waals surface area contributed by atoms with Crippen LogP contribution in [0.4, 0.5) is 0 Å². The van der Waals surface area contributed by atoms with Gasteiger partial charge in [-0.1, -0.05) is 47.9 Å². The molecule has 0 aliphatic rings. The number of methoxy groups -OCH3 is 1. The molecule has 0 aliphatic carbocycles. The second-order valence-corrected chi connectivity index (χ2v) is 5.23. The molecule has 28 heavy (non-hydrogen) atoms. The number of benzene rings is 2. The van der Waals surface area contributed by atoms with E-state index < -0.39 is 0 Å². The third-order valence-electron chi connectivity index (χ3n) is 3.53. The van der Waals surface area contributed by atoms with Gasteiger partial charge in [0.25, 0.3) is 0 Å². The molecule has 0 atom stereocenters. The number of aliphatic imine (C=N–C) groups is 2. The number of halogens is 2. The first-order valence-electron chi connectivity index (χ1n) is 7.74. The van der Waals surface area contributed by atoms with Crippen LogP contribution in [0.25, 0.3) is 0 Å². The quantitative estimate of drug-likeness (QED) is 0.216. The van der Waals surface area contributed by atoms with Crippen LogP contribution in [-0.4, -0.2) is 32.1 Å². The molecule has 0 unspecified atom stereocenters. The van der Waals surface area contributed by atoms with Crippen LogP contribution < -0.4 is 39.8 Å². The maximum Gasteiger partial charge on any atom is 2.00 e. The van der Waals surface area contributed by atoms with Gasteiger partial charge in [-0.3, -0.25) is 9.98 Å². The summed E-state index contributed by atoms with van der Waals surface area (Å²) >= 11 is 0. The Morgan fingerprint density at radius 2 is 1.71 bits per heavy atom. The standard InChI is InChI=1S/C19H22N2O3.2ClH.Cu.Mn/c1-14(16-8-3-4-9-17(16)22)21-12-6-11-20-13-15-7-5-10-18(24-2)19(15)23;;;;/h3-5,7-10,13,22-23H,6,11-12H2,1-2H3;2*1H;;/q;;;2*+2/p-4. The molecule has 0 fully saturated rings. The Hall–Kier alpha value is -1.20. The molecule has 2 radical (unpaired) electrons. The summed E-state index contributed by atoms with van der Waals surface area (Å²) in [5.74, 6) is 0.137. The molecular formula is C19H20Cl2CuMnN2O3. The number of para-hydroxylation sites is 2. The van der Waals surface area contributed by atoms with Gasteiger partial charge in [0.15, 0.2) is 0 Å². The Morgan fingerprint density at radius 1 is 1.04 bits per heavy atom. The maximum absolute atomic E-state index is 11.9. The van der Waals surface area contributed by atoms with Gasteiger partial charge < -0.3 is 39.8 Å². The Bertz CT molecular complexity index is 762. The number of nitrogens with zero attached hydrogens (tertiary/aromatic N) is 2. The summed E-state index contributed by atoms with van der Waals surface area (Å²) in [6.45, 7) is 2.98. The van der Waals surface area contributed by atoms with Crippen molar-refractivity contribution < 1.29 is 73.9 Å². The van der Waals surface area contributed by atoms with Crippen molar-refractivity contribution >= 4 is 11.9 Å². The number of ether oxygens (including phenoxy) is 1. The van der Waals surface area contributed by atoms with Crippen LogP contribution in [0.5, 0.6) is 17.2 Å². The van der Waals surface area contributed by atoms with Crippen LogP contribution in [0.15, 0.2) is 52.4 Å². The van der Waals surface area contributed by atoms with Crippen LogP contribution >= 0.6 is 0 Å². The fraction of sp³-hybridized carbons (Fsp3) is 0.263. The minimum absolute atomic E-state index is 0. The summed E-state index contributed by atoms with van der Waals surface area (Å²) in [7, 11) is 1.47. The van der Waals surface area contributed by atoms with Crippen molar-refractivity contribution in [2.24, 2.45) is 9.98 Å². The van der Waals surface area contributed by atoms with Crippen LogP contribution in [0.3, 0.4) is 0 Å². The van der Waals surface area contributed by atoms with Gasteiger partial charge in [0.2, 0.25) is 0 Å². The summed E-state index contributed by atoms with van der Waals surface area (Å²) in [6.07, 6.45) is 2.31. The molecule has 9 heteroatoms. The predicted octanol–water partition coefficient (Wildman–Crippen LogP) is -3.84. The average Bonchev–Trinajstić information content (AvgIpc) is 2.59. The van der Waals surface area contributed by atoms with E-state index in [9.17, 15) is 10.2 Å². The zero-order valence-electron chi connectivity index (χ0n) is 15.3. The van der Waals surface area contributed by atoms with Gasteiger partial charge in [-0.2, -0.15) is 0 Å². The van der Waals surface area contributed by atoms with Gasteiger partial charge >= 0.3 is 34.1 Å². The first-order valence-corrected chi connectivity index (χ1v) is 7.74. The van der Waals surface area contributed by atoms with E-state index >= 15 is 0 Å². The fourth-order valence-electron chi connectivity index (χ4n) is 2.22. The second-order valence-electron chi connectivity index (χ2n) is 5.23. The van der Waals surface area contributed by atoms with Gasteiger partial charge in [-0.15, -0.1) is 0 Å². The summed E-state index contributed by atoms with van der Waals surface area (Å²) < 4.78 is 4.99. The van der Waals surface area contributed by atoms with Crippen molar-refractivity contribution in [3.63, 3.8) is 0 Å². The van der Waals surface area contributed by atoms with Crippen molar-refractivity contribution in [3.05, 3.63) is 53.6 Å². The molecule has 0 saturated heterocycles. The van der Waals surface area contributed by atoms with Crippen molar-refractivity contribution in [2.45, 2.75) is 13.3 Å². The topological polar surface area (TPSA) is 80.1 Å². The molecule has 0 heterocycles. The van der Waals surface area contributed by atoms with Crippen molar-refractivity contribution in [3.8, 4) is 17.2 Å². The third kappa shape index (κ3) is 9.33. The molecule has 2 rings (SSSR count). The summed E-state index contributed by atoms with van der Waals surface area (Å²) in [4.78, 5) is 8.66. The molecule has 0 saturated carbocycles. The average molecular weight is 514 g/mol. The van der Waals surface area contributed by atoms with Gasteiger partial charge in [0, 0.05) is 25.0 Å². The molecule has 0 amide bonds. The van der Waals surface area contributed by atoms with E-state index in [1.165, 1.54) is 13.2 Å². The van der Waals surface area contributed by atoms with E-state index in [1.807, 2.05) is 13.0 Å². The van der Waals surface area contributed by atoms with Crippen molar-refractivity contribution in [2.75, 3.05) is 20.2 Å². The molecular weight excluding hydrogens is 494 g/mol. The second kappa shape index (κ2) is 16.7. The molecule has 0 N–H and O–H groups in total. The van der Waals surface area contributed by atoms with Crippen molar-refractivity contribution in [1.82, 2.24) is 0 Å². The van der Waals surface area contributed by atoms with E-state index in [1.54, 1.807) is 36.5 Å². The summed E-state index contributed by atoms with van der Waals surface area (Å²) in [6, 6.07) is 12.0. The van der Waals surface area contributed by atoms with E-state index in [2.05, 4.69) is 9.98 Å². The molecule has 0 bridgehead atoms. The number of hydrogen-bond donors (Lipinski definition) is 0. The number of hydrogen-bond acceptors (Lipinski definition) is 5. The predicted molar refractivity (Wildman–Crippen MR) is 92.5 cm³/mol. The van der Waals surface area contributed by atoms with Gasteiger partial charge in [0.1, 0.15) is 5.75 Å². The zero-order valence-corrected chi connectivity index (χ0v) is 18.9. The van der Waals surface area contributed by atoms with Crippen molar-refractivity contribution in [1.29, 1.82) is 0 Å². The SMILES string of the molecule is COc1cccc(C=NCCCN=C(C)c2ccccc2[O-])c1[O-].[Cl-].[Cl-].[Cu+2].[Mn+2]. The number of rotatable bonds is 7. The minimum Gasteiger partial charge on any atom is -1.00 e.